The number of rotatable bonds is 4. The van der Waals surface area contributed by atoms with E-state index in [4.69, 9.17) is 20.8 Å². The number of nitrogen functional groups attached to an aromatic ring is 2. The Hall–Kier alpha value is -3.52. The second-order valence-electron chi connectivity index (χ2n) is 14.3. The van der Waals surface area contributed by atoms with Gasteiger partial charge in [0, 0.05) is 55.4 Å². The molecule has 4 aromatic carbocycles. The average molecular weight is 775 g/mol. The predicted molar refractivity (Wildman–Crippen MR) is 219 cm³/mol. The summed E-state index contributed by atoms with van der Waals surface area (Å²) in [6, 6.07) is 27.6. The van der Waals surface area contributed by atoms with E-state index < -0.39 is 14.3 Å². The Kier molecular flexibility index (Phi) is 10.8. The minimum atomic E-state index is -2.38. The first-order chi connectivity index (χ1) is 23.3. The minimum absolute atomic E-state index is 0.299. The van der Waals surface area contributed by atoms with Crippen LogP contribution in [0, 0.1) is 0 Å². The van der Waals surface area contributed by atoms with Crippen LogP contribution in [0.2, 0.25) is 0 Å². The number of hydrogen-bond donors (Lipinski definition) is 4. The topological polar surface area (TPSA) is 136 Å². The van der Waals surface area contributed by atoms with Crippen LogP contribution < -0.4 is 27.5 Å². The van der Waals surface area contributed by atoms with Crippen LogP contribution >= 0.6 is 30.2 Å². The van der Waals surface area contributed by atoms with Crippen molar-refractivity contribution in [1.29, 1.82) is 0 Å². The third-order valence-corrected chi connectivity index (χ3v) is 12.8. The first-order valence-corrected chi connectivity index (χ1v) is 22.3. The number of H-pyrrole nitrogens is 2. The van der Waals surface area contributed by atoms with E-state index in [9.17, 15) is 9.13 Å². The van der Waals surface area contributed by atoms with E-state index in [-0.39, 0.29) is 18.3 Å². The molecule has 0 radical (unpaired) electrons. The third-order valence-electron chi connectivity index (χ3n) is 9.21. The van der Waals surface area contributed by atoms with Gasteiger partial charge < -0.3 is 39.9 Å². The Bertz CT molecular complexity index is 2240. The number of benzene rings is 4. The number of nitrogens with two attached hydrogens (primary N) is 2. The Labute approximate surface area is 303 Å². The van der Waals surface area contributed by atoms with Crippen molar-refractivity contribution in [2.75, 3.05) is 38.1 Å². The molecule has 1 aliphatic heterocycles. The van der Waals surface area contributed by atoms with Gasteiger partial charge in [-0.05, 0) is 113 Å². The van der Waals surface area contributed by atoms with Crippen molar-refractivity contribution in [2.24, 2.45) is 0 Å². The van der Waals surface area contributed by atoms with Crippen LogP contribution in [0.1, 0.15) is 27.7 Å². The lowest BCUT2D eigenvalue weighted by Crippen LogP contribution is -2.41. The van der Waals surface area contributed by atoms with Crippen LogP contribution in [0.4, 0.5) is 11.4 Å². The van der Waals surface area contributed by atoms with E-state index in [1.54, 1.807) is 32.7 Å². The van der Waals surface area contributed by atoms with Gasteiger partial charge in [-0.1, -0.05) is 58.4 Å². The smallest absolute Gasteiger partial charge is 0.399 e. The zero-order valence-corrected chi connectivity index (χ0v) is 33.2. The molecule has 6 aromatic rings. The normalized spacial score (nSPS) is 15.3. The summed E-state index contributed by atoms with van der Waals surface area (Å²) < 4.78 is 37.1. The minimum Gasteiger partial charge on any atom is -0.399 e. The van der Waals surface area contributed by atoms with Crippen LogP contribution in [-0.4, -0.2) is 54.9 Å². The summed E-state index contributed by atoms with van der Waals surface area (Å²) in [7, 11) is -4.93. The number of aromatic nitrogens is 2. The van der Waals surface area contributed by atoms with Crippen LogP contribution in [-0.2, 0) is 18.4 Å². The van der Waals surface area contributed by atoms with Gasteiger partial charge in [0.1, 0.15) is 14.3 Å². The summed E-state index contributed by atoms with van der Waals surface area (Å²) in [5.74, 6) is 0. The zero-order chi connectivity index (χ0) is 36.6. The summed E-state index contributed by atoms with van der Waals surface area (Å²) in [4.78, 5) is 6.52. The molecule has 0 unspecified atom stereocenters. The fourth-order valence-corrected chi connectivity index (χ4v) is 8.59. The van der Waals surface area contributed by atoms with Gasteiger partial charge in [0.05, 0.1) is 16.7 Å². The number of fused-ring (bicyclic) bond motifs is 2. The Morgan fingerprint density at radius 1 is 0.660 bits per heavy atom. The molecular weight excluding hydrogens is 729 g/mol. The molecule has 1 aliphatic rings. The highest BCUT2D eigenvalue weighted by Crippen LogP contribution is 2.40. The summed E-state index contributed by atoms with van der Waals surface area (Å²) in [5, 5.41) is 3.84. The van der Waals surface area contributed by atoms with Gasteiger partial charge in [0.15, 0.2) is 0 Å². The molecule has 1 saturated heterocycles. The maximum absolute atomic E-state index is 12.3. The highest BCUT2D eigenvalue weighted by Gasteiger charge is 2.52. The number of hydrogen-bond acceptors (Lipinski definition) is 6. The molecule has 262 valence electrons. The second-order valence-corrected chi connectivity index (χ2v) is 21.6. The summed E-state index contributed by atoms with van der Waals surface area (Å²) >= 11 is 3.31. The Morgan fingerprint density at radius 2 is 1.16 bits per heavy atom. The molecule has 8 nitrogen and oxygen atoms in total. The van der Waals surface area contributed by atoms with Crippen molar-refractivity contribution < 1.29 is 18.4 Å². The van der Waals surface area contributed by atoms with Crippen LogP contribution in [0.5, 0.6) is 0 Å². The van der Waals surface area contributed by atoms with Crippen molar-refractivity contribution >= 4 is 86.6 Å². The second kappa shape index (κ2) is 14.2. The first-order valence-electron chi connectivity index (χ1n) is 16.3. The van der Waals surface area contributed by atoms with Gasteiger partial charge >= 0.3 is 7.12 Å². The maximum Gasteiger partial charge on any atom is 0.497 e. The fourth-order valence-electron chi connectivity index (χ4n) is 5.76. The standard InChI is InChI=1S/C16H17N2OP.C14H18BNO2.C8H11BrNOP/c1-20(2,19)15-10-12(6-7-14(15)17)13-5-3-4-11-8-9-18-16(11)13;1-13(2)14(3,4)18-15(17-13)11-7-5-6-10-8-9-16-12(10)11;1-12(2,11)8-5-6(9)3-4-7(8)10/h3-10,18H,17H2,1-2H3;5-9,16H,1-4H3;3-5H,10H2,1-2H3. The molecule has 2 aromatic heterocycles. The molecule has 1 fully saturated rings. The summed E-state index contributed by atoms with van der Waals surface area (Å²) in [6.07, 6.45) is 3.87. The van der Waals surface area contributed by atoms with Crippen molar-refractivity contribution in [3.63, 3.8) is 0 Å². The first kappa shape index (κ1) is 37.7. The molecule has 0 spiro atoms. The monoisotopic (exact) mass is 774 g/mol. The van der Waals surface area contributed by atoms with E-state index >= 15 is 0 Å². The SMILES string of the molecule is CC1(C)OB(c2cccc3cc[nH]c23)OC1(C)C.CP(C)(=O)c1cc(-c2cccc3cc[nH]c23)ccc1N.CP(C)(=O)c1cc(Br)ccc1N. The molecule has 50 heavy (non-hydrogen) atoms. The summed E-state index contributed by atoms with van der Waals surface area (Å²) in [6.45, 7) is 15.2. The van der Waals surface area contributed by atoms with E-state index in [0.29, 0.717) is 11.4 Å². The van der Waals surface area contributed by atoms with Gasteiger partial charge in [-0.25, -0.2) is 0 Å². The lowest BCUT2D eigenvalue weighted by atomic mass is 9.78. The Balaban J connectivity index is 0.000000151. The molecule has 0 amide bonds. The van der Waals surface area contributed by atoms with Crippen LogP contribution in [0.3, 0.4) is 0 Å². The van der Waals surface area contributed by atoms with Gasteiger partial charge in [-0.2, -0.15) is 0 Å². The van der Waals surface area contributed by atoms with Crippen molar-refractivity contribution in [2.45, 2.75) is 38.9 Å². The zero-order valence-electron chi connectivity index (χ0n) is 29.9. The number of anilines is 2. The van der Waals surface area contributed by atoms with E-state index in [0.717, 1.165) is 48.1 Å². The third kappa shape index (κ3) is 8.17. The van der Waals surface area contributed by atoms with Gasteiger partial charge in [0.25, 0.3) is 0 Å². The number of halogens is 1. The quantitative estimate of drug-likeness (QED) is 0.0807. The highest BCUT2D eigenvalue weighted by molar-refractivity contribution is 9.10. The van der Waals surface area contributed by atoms with Gasteiger partial charge in [0.2, 0.25) is 0 Å². The molecule has 7 rings (SSSR count). The molecular formula is C38H46BBrN4O4P2. The molecule has 0 saturated carbocycles. The van der Waals surface area contributed by atoms with Crippen LogP contribution in [0.25, 0.3) is 32.9 Å². The number of aromatic amines is 2. The predicted octanol–water partition coefficient (Wildman–Crippen LogP) is 8.41. The number of para-hydroxylation sites is 2. The molecule has 0 aliphatic carbocycles. The molecule has 12 heteroatoms. The van der Waals surface area contributed by atoms with Crippen molar-refractivity contribution in [3.8, 4) is 11.1 Å². The average Bonchev–Trinajstić information content (AvgIpc) is 3.75. The van der Waals surface area contributed by atoms with Gasteiger partial charge in [-0.15, -0.1) is 0 Å². The van der Waals surface area contributed by atoms with Crippen molar-refractivity contribution in [3.05, 3.63) is 102 Å². The van der Waals surface area contributed by atoms with E-state index in [2.05, 4.69) is 83.9 Å². The lowest BCUT2D eigenvalue weighted by molar-refractivity contribution is 0.00578. The molecule has 0 bridgehead atoms. The molecule has 3 heterocycles. The van der Waals surface area contributed by atoms with E-state index in [1.807, 2.05) is 60.9 Å². The fraction of sp³-hybridized carbons (Fsp3) is 0.263. The van der Waals surface area contributed by atoms with E-state index in [1.165, 1.54) is 5.39 Å². The van der Waals surface area contributed by atoms with Crippen LogP contribution in [0.15, 0.2) is 102 Å². The maximum atomic E-state index is 12.3. The largest absolute Gasteiger partial charge is 0.497 e. The lowest BCUT2D eigenvalue weighted by Gasteiger charge is -2.32. The highest BCUT2D eigenvalue weighted by atomic mass is 79.9. The summed E-state index contributed by atoms with van der Waals surface area (Å²) in [5.41, 5.74) is 17.6. The molecule has 6 N–H and O–H groups in total. The number of nitrogens with one attached hydrogen (secondary N) is 2. The van der Waals surface area contributed by atoms with Crippen molar-refractivity contribution in [1.82, 2.24) is 9.97 Å². The van der Waals surface area contributed by atoms with Gasteiger partial charge in [-0.3, -0.25) is 0 Å². The Morgan fingerprint density at radius 3 is 1.72 bits per heavy atom. The molecule has 0 atom stereocenters.